The van der Waals surface area contributed by atoms with Gasteiger partial charge in [-0.15, -0.1) is 0 Å². The SMILES string of the molecule is FCCc1cc[c]cn1. The van der Waals surface area contributed by atoms with E-state index in [9.17, 15) is 4.39 Å². The molecular formula is C7H7FN. The predicted molar refractivity (Wildman–Crippen MR) is 32.8 cm³/mol. The van der Waals surface area contributed by atoms with E-state index in [1.54, 1.807) is 18.3 Å². The molecule has 0 unspecified atom stereocenters. The van der Waals surface area contributed by atoms with Gasteiger partial charge >= 0.3 is 0 Å². The second-order valence-electron chi connectivity index (χ2n) is 1.69. The molecule has 1 aromatic heterocycles. The number of hydrogen-bond donors (Lipinski definition) is 0. The minimum Gasteiger partial charge on any atom is -0.261 e. The molecule has 1 heterocycles. The number of hydrogen-bond acceptors (Lipinski definition) is 1. The lowest BCUT2D eigenvalue weighted by molar-refractivity contribution is 0.492. The van der Waals surface area contributed by atoms with Gasteiger partial charge in [0.1, 0.15) is 0 Å². The van der Waals surface area contributed by atoms with Crippen LogP contribution in [-0.2, 0) is 6.42 Å². The van der Waals surface area contributed by atoms with E-state index in [1.807, 2.05) is 0 Å². The molecule has 0 saturated heterocycles. The number of aryl methyl sites for hydroxylation is 1. The Bertz CT molecular complexity index is 162. The summed E-state index contributed by atoms with van der Waals surface area (Å²) in [6, 6.07) is 6.26. The molecule has 2 heteroatoms. The topological polar surface area (TPSA) is 12.9 Å². The lowest BCUT2D eigenvalue weighted by Crippen LogP contribution is -1.88. The molecule has 1 aromatic rings. The van der Waals surface area contributed by atoms with Gasteiger partial charge in [0.25, 0.3) is 0 Å². The summed E-state index contributed by atoms with van der Waals surface area (Å²) in [5, 5.41) is 0. The molecule has 0 aromatic carbocycles. The number of nitrogens with zero attached hydrogens (tertiary/aromatic N) is 1. The van der Waals surface area contributed by atoms with Crippen LogP contribution in [-0.4, -0.2) is 11.7 Å². The fourth-order valence-electron chi connectivity index (χ4n) is 0.595. The Balaban J connectivity index is 2.61. The molecular weight excluding hydrogens is 117 g/mol. The number of pyridine rings is 1. The van der Waals surface area contributed by atoms with E-state index in [2.05, 4.69) is 11.1 Å². The van der Waals surface area contributed by atoms with Crippen LogP contribution in [0.5, 0.6) is 0 Å². The minimum absolute atomic E-state index is 0.336. The zero-order valence-electron chi connectivity index (χ0n) is 4.97. The first-order valence-electron chi connectivity index (χ1n) is 2.80. The maximum Gasteiger partial charge on any atom is 0.0949 e. The van der Waals surface area contributed by atoms with Gasteiger partial charge < -0.3 is 0 Å². The van der Waals surface area contributed by atoms with Gasteiger partial charge in [-0.05, 0) is 6.07 Å². The molecule has 0 N–H and O–H groups in total. The lowest BCUT2D eigenvalue weighted by Gasteiger charge is -1.90. The average Bonchev–Trinajstić information content (AvgIpc) is 1.91. The second-order valence-corrected chi connectivity index (χ2v) is 1.69. The van der Waals surface area contributed by atoms with E-state index < -0.39 is 0 Å². The fourth-order valence-corrected chi connectivity index (χ4v) is 0.595. The first-order valence-corrected chi connectivity index (χ1v) is 2.80. The van der Waals surface area contributed by atoms with Gasteiger partial charge in [0, 0.05) is 24.4 Å². The maximum atomic E-state index is 11.6. The van der Waals surface area contributed by atoms with Crippen LogP contribution in [0.4, 0.5) is 4.39 Å². The quantitative estimate of drug-likeness (QED) is 0.580. The van der Waals surface area contributed by atoms with E-state index in [1.165, 1.54) is 0 Å². The van der Waals surface area contributed by atoms with Crippen LogP contribution in [0, 0.1) is 6.07 Å². The zero-order valence-corrected chi connectivity index (χ0v) is 4.97. The highest BCUT2D eigenvalue weighted by Crippen LogP contribution is 1.93. The van der Waals surface area contributed by atoms with Crippen LogP contribution in [0.3, 0.4) is 0 Å². The standard InChI is InChI=1S/C7H7FN/c8-5-4-7-3-1-2-6-9-7/h1,3,6H,4-5H2. The van der Waals surface area contributed by atoms with Crippen LogP contribution in [0.15, 0.2) is 18.3 Å². The zero-order chi connectivity index (χ0) is 6.53. The van der Waals surface area contributed by atoms with Crippen LogP contribution >= 0.6 is 0 Å². The maximum absolute atomic E-state index is 11.6. The van der Waals surface area contributed by atoms with Gasteiger partial charge in [0.15, 0.2) is 0 Å². The molecule has 1 nitrogen and oxygen atoms in total. The highest BCUT2D eigenvalue weighted by atomic mass is 19.1. The molecule has 0 aliphatic carbocycles. The Morgan fingerprint density at radius 3 is 3.11 bits per heavy atom. The molecule has 0 spiro atoms. The Morgan fingerprint density at radius 2 is 2.56 bits per heavy atom. The van der Waals surface area contributed by atoms with E-state index in [4.69, 9.17) is 0 Å². The van der Waals surface area contributed by atoms with E-state index >= 15 is 0 Å². The summed E-state index contributed by atoms with van der Waals surface area (Å²) < 4.78 is 11.6. The molecule has 1 rings (SSSR count). The molecule has 0 aliphatic heterocycles. The first kappa shape index (κ1) is 6.20. The van der Waals surface area contributed by atoms with E-state index in [0.29, 0.717) is 6.42 Å². The van der Waals surface area contributed by atoms with Crippen molar-refractivity contribution in [1.82, 2.24) is 4.98 Å². The summed E-state index contributed by atoms with van der Waals surface area (Å²) in [6.45, 7) is -0.336. The number of halogens is 1. The van der Waals surface area contributed by atoms with Crippen LogP contribution in [0.25, 0.3) is 0 Å². The number of alkyl halides is 1. The van der Waals surface area contributed by atoms with Crippen molar-refractivity contribution in [2.24, 2.45) is 0 Å². The summed E-state index contributed by atoms with van der Waals surface area (Å²) in [7, 11) is 0. The summed E-state index contributed by atoms with van der Waals surface area (Å²) in [4.78, 5) is 3.87. The second kappa shape index (κ2) is 3.17. The number of aromatic nitrogens is 1. The highest BCUT2D eigenvalue weighted by Gasteiger charge is 1.88. The molecule has 0 amide bonds. The van der Waals surface area contributed by atoms with Gasteiger partial charge in [-0.25, -0.2) is 0 Å². The Kier molecular flexibility index (Phi) is 2.19. The largest absolute Gasteiger partial charge is 0.261 e. The predicted octanol–water partition coefficient (Wildman–Crippen LogP) is 1.39. The van der Waals surface area contributed by atoms with Crippen LogP contribution < -0.4 is 0 Å². The lowest BCUT2D eigenvalue weighted by atomic mass is 10.3. The van der Waals surface area contributed by atoms with Crippen molar-refractivity contribution in [3.05, 3.63) is 30.1 Å². The van der Waals surface area contributed by atoms with E-state index in [-0.39, 0.29) is 6.67 Å². The normalized spacial score (nSPS) is 9.44. The summed E-state index contributed by atoms with van der Waals surface area (Å²) in [5.74, 6) is 0. The molecule has 0 bridgehead atoms. The fraction of sp³-hybridized carbons (Fsp3) is 0.286. The first-order chi connectivity index (χ1) is 4.43. The van der Waals surface area contributed by atoms with Gasteiger partial charge in [-0.3, -0.25) is 9.37 Å². The van der Waals surface area contributed by atoms with Crippen molar-refractivity contribution in [2.45, 2.75) is 6.42 Å². The van der Waals surface area contributed by atoms with Gasteiger partial charge in [0.2, 0.25) is 0 Å². The monoisotopic (exact) mass is 124 g/mol. The van der Waals surface area contributed by atoms with Crippen molar-refractivity contribution in [1.29, 1.82) is 0 Å². The van der Waals surface area contributed by atoms with Gasteiger partial charge in [0.05, 0.1) is 6.67 Å². The molecule has 47 valence electrons. The molecule has 9 heavy (non-hydrogen) atoms. The molecule has 0 fully saturated rings. The molecule has 0 aliphatic rings. The third-order valence-electron chi connectivity index (χ3n) is 1.03. The Labute approximate surface area is 53.5 Å². The Morgan fingerprint density at radius 1 is 1.67 bits per heavy atom. The van der Waals surface area contributed by atoms with Gasteiger partial charge in [-0.2, -0.15) is 0 Å². The molecule has 1 radical (unpaired) electrons. The van der Waals surface area contributed by atoms with Crippen molar-refractivity contribution < 1.29 is 4.39 Å². The smallest absolute Gasteiger partial charge is 0.0949 e. The minimum atomic E-state index is -0.336. The summed E-state index contributed by atoms with van der Waals surface area (Å²) >= 11 is 0. The molecule has 0 saturated carbocycles. The van der Waals surface area contributed by atoms with Crippen LogP contribution in [0.1, 0.15) is 5.69 Å². The number of rotatable bonds is 2. The van der Waals surface area contributed by atoms with Crippen molar-refractivity contribution in [2.75, 3.05) is 6.67 Å². The average molecular weight is 124 g/mol. The van der Waals surface area contributed by atoms with Crippen LogP contribution in [0.2, 0.25) is 0 Å². The van der Waals surface area contributed by atoms with Crippen molar-refractivity contribution >= 4 is 0 Å². The van der Waals surface area contributed by atoms with Crippen molar-refractivity contribution in [3.63, 3.8) is 0 Å². The van der Waals surface area contributed by atoms with Crippen molar-refractivity contribution in [3.8, 4) is 0 Å². The highest BCUT2D eigenvalue weighted by molar-refractivity contribution is 5.02. The summed E-state index contributed by atoms with van der Waals surface area (Å²) in [6.07, 6.45) is 1.96. The third-order valence-corrected chi connectivity index (χ3v) is 1.03. The van der Waals surface area contributed by atoms with Gasteiger partial charge in [-0.1, -0.05) is 6.07 Å². The Hall–Kier alpha value is -0.920. The molecule has 0 atom stereocenters. The van der Waals surface area contributed by atoms with E-state index in [0.717, 1.165) is 5.69 Å². The third kappa shape index (κ3) is 1.80. The summed E-state index contributed by atoms with van der Waals surface area (Å²) in [5.41, 5.74) is 0.788.